The molecule has 1 aliphatic heterocycles. The van der Waals surface area contributed by atoms with Crippen molar-refractivity contribution in [3.8, 4) is 0 Å². The van der Waals surface area contributed by atoms with Gasteiger partial charge < -0.3 is 5.32 Å². The molecule has 3 unspecified atom stereocenters. The normalized spacial score (nSPS) is 39.5. The Balaban J connectivity index is 1.81. The number of carbonyl (C=O) groups is 1. The Labute approximate surface area is 81.2 Å². The van der Waals surface area contributed by atoms with Crippen LogP contribution in [-0.2, 0) is 4.79 Å². The average Bonchev–Trinajstić information content (AvgIpc) is 2.60. The maximum atomic E-state index is 12.7. The number of hydrogen-bond acceptors (Lipinski definition) is 2. The lowest BCUT2D eigenvalue weighted by Crippen LogP contribution is -2.41. The highest BCUT2D eigenvalue weighted by Gasteiger charge is 2.44. The summed E-state index contributed by atoms with van der Waals surface area (Å²) in [5.74, 6) is -2.51. The van der Waals surface area contributed by atoms with Crippen molar-refractivity contribution in [2.45, 2.75) is 37.8 Å². The first-order valence-electron chi connectivity index (χ1n) is 4.89. The number of rotatable bonds is 2. The maximum Gasteiger partial charge on any atom is 0.262 e. The molecule has 0 radical (unpaired) electrons. The van der Waals surface area contributed by atoms with Crippen molar-refractivity contribution in [1.29, 1.82) is 0 Å². The van der Waals surface area contributed by atoms with Gasteiger partial charge in [0, 0.05) is 12.5 Å². The fraction of sp³-hybridized carbons (Fsp3) is 0.889. The van der Waals surface area contributed by atoms with Crippen LogP contribution in [0.4, 0.5) is 8.78 Å². The summed E-state index contributed by atoms with van der Waals surface area (Å²) in [4.78, 5) is 11.4. The minimum atomic E-state index is -2.73. The molecule has 1 saturated carbocycles. The highest BCUT2D eigenvalue weighted by molar-refractivity contribution is 5.82. The van der Waals surface area contributed by atoms with Crippen LogP contribution in [0.2, 0.25) is 0 Å². The molecule has 3 nitrogen and oxygen atoms in total. The molecular weight excluding hydrogens is 190 g/mol. The van der Waals surface area contributed by atoms with E-state index in [-0.39, 0.29) is 24.9 Å². The molecule has 1 aliphatic carbocycles. The van der Waals surface area contributed by atoms with Crippen molar-refractivity contribution in [1.82, 2.24) is 10.6 Å². The van der Waals surface area contributed by atoms with Crippen LogP contribution in [0.15, 0.2) is 0 Å². The molecule has 1 saturated heterocycles. The van der Waals surface area contributed by atoms with Crippen LogP contribution < -0.4 is 10.6 Å². The Morgan fingerprint density at radius 2 is 2.21 bits per heavy atom. The van der Waals surface area contributed by atoms with Gasteiger partial charge in [0.2, 0.25) is 5.91 Å². The zero-order chi connectivity index (χ0) is 10.3. The first kappa shape index (κ1) is 9.83. The number of amides is 1. The molecule has 0 aromatic heterocycles. The van der Waals surface area contributed by atoms with E-state index in [0.717, 1.165) is 6.42 Å². The SMILES string of the molecule is CC1CC1NC(=O)C1CC(F)(F)CN1. The summed E-state index contributed by atoms with van der Waals surface area (Å²) in [6.07, 6.45) is 0.592. The minimum absolute atomic E-state index is 0.207. The minimum Gasteiger partial charge on any atom is -0.352 e. The lowest BCUT2D eigenvalue weighted by atomic mass is 10.2. The van der Waals surface area contributed by atoms with E-state index in [1.807, 2.05) is 6.92 Å². The number of hydrogen-bond donors (Lipinski definition) is 2. The molecule has 2 N–H and O–H groups in total. The van der Waals surface area contributed by atoms with E-state index in [0.29, 0.717) is 5.92 Å². The van der Waals surface area contributed by atoms with Crippen molar-refractivity contribution in [3.05, 3.63) is 0 Å². The molecule has 80 valence electrons. The largest absolute Gasteiger partial charge is 0.352 e. The smallest absolute Gasteiger partial charge is 0.262 e. The van der Waals surface area contributed by atoms with Gasteiger partial charge in [-0.05, 0) is 12.3 Å². The number of carbonyl (C=O) groups excluding carboxylic acids is 1. The molecule has 1 amide bonds. The van der Waals surface area contributed by atoms with E-state index < -0.39 is 12.0 Å². The highest BCUT2D eigenvalue weighted by atomic mass is 19.3. The predicted molar refractivity (Wildman–Crippen MR) is 47.1 cm³/mol. The third kappa shape index (κ3) is 2.03. The van der Waals surface area contributed by atoms with Gasteiger partial charge in [0.15, 0.2) is 0 Å². The zero-order valence-electron chi connectivity index (χ0n) is 8.02. The third-order valence-corrected chi connectivity index (χ3v) is 2.86. The molecule has 5 heteroatoms. The molecular formula is C9H14F2N2O. The van der Waals surface area contributed by atoms with Crippen LogP contribution in [0.25, 0.3) is 0 Å². The Kier molecular flexibility index (Phi) is 2.21. The van der Waals surface area contributed by atoms with Crippen LogP contribution in [0.3, 0.4) is 0 Å². The van der Waals surface area contributed by atoms with Gasteiger partial charge >= 0.3 is 0 Å². The van der Waals surface area contributed by atoms with E-state index in [1.165, 1.54) is 0 Å². The van der Waals surface area contributed by atoms with Crippen molar-refractivity contribution < 1.29 is 13.6 Å². The molecule has 0 aromatic carbocycles. The van der Waals surface area contributed by atoms with Crippen LogP contribution in [-0.4, -0.2) is 30.5 Å². The van der Waals surface area contributed by atoms with E-state index in [9.17, 15) is 13.6 Å². The summed E-state index contributed by atoms with van der Waals surface area (Å²) in [5.41, 5.74) is 0. The molecule has 0 bridgehead atoms. The quantitative estimate of drug-likeness (QED) is 0.688. The summed E-state index contributed by atoms with van der Waals surface area (Å²) in [7, 11) is 0. The van der Waals surface area contributed by atoms with Crippen molar-refractivity contribution in [2.24, 2.45) is 5.92 Å². The summed E-state index contributed by atoms with van der Waals surface area (Å²) in [6.45, 7) is 1.65. The molecule has 0 aromatic rings. The Morgan fingerprint density at radius 3 is 2.64 bits per heavy atom. The van der Waals surface area contributed by atoms with Gasteiger partial charge in [-0.15, -0.1) is 0 Å². The van der Waals surface area contributed by atoms with Crippen LogP contribution in [0.1, 0.15) is 19.8 Å². The Bertz CT molecular complexity index is 257. The molecule has 0 spiro atoms. The fourth-order valence-corrected chi connectivity index (χ4v) is 1.71. The Hall–Kier alpha value is -0.710. The fourth-order valence-electron chi connectivity index (χ4n) is 1.71. The van der Waals surface area contributed by atoms with Gasteiger partial charge in [-0.2, -0.15) is 0 Å². The lowest BCUT2D eigenvalue weighted by molar-refractivity contribution is -0.123. The molecule has 14 heavy (non-hydrogen) atoms. The first-order valence-corrected chi connectivity index (χ1v) is 4.89. The van der Waals surface area contributed by atoms with Crippen molar-refractivity contribution in [3.63, 3.8) is 0 Å². The van der Waals surface area contributed by atoms with Crippen LogP contribution in [0, 0.1) is 5.92 Å². The number of nitrogens with one attached hydrogen (secondary N) is 2. The van der Waals surface area contributed by atoms with Gasteiger partial charge in [-0.1, -0.05) is 6.92 Å². The van der Waals surface area contributed by atoms with E-state index in [1.54, 1.807) is 0 Å². The number of halogens is 2. The second kappa shape index (κ2) is 3.15. The molecule has 2 fully saturated rings. The topological polar surface area (TPSA) is 41.1 Å². The van der Waals surface area contributed by atoms with E-state index in [2.05, 4.69) is 10.6 Å². The molecule has 2 aliphatic rings. The second-order valence-corrected chi connectivity index (χ2v) is 4.32. The van der Waals surface area contributed by atoms with Crippen molar-refractivity contribution in [2.75, 3.05) is 6.54 Å². The maximum absolute atomic E-state index is 12.7. The number of alkyl halides is 2. The predicted octanol–water partition coefficient (Wildman–Crippen LogP) is 0.508. The summed E-state index contributed by atoms with van der Waals surface area (Å²) < 4.78 is 25.5. The zero-order valence-corrected chi connectivity index (χ0v) is 8.02. The van der Waals surface area contributed by atoms with E-state index >= 15 is 0 Å². The monoisotopic (exact) mass is 204 g/mol. The van der Waals surface area contributed by atoms with Gasteiger partial charge in [0.25, 0.3) is 5.92 Å². The second-order valence-electron chi connectivity index (χ2n) is 4.32. The molecule has 3 atom stereocenters. The van der Waals surface area contributed by atoms with E-state index in [4.69, 9.17) is 0 Å². The summed E-state index contributed by atoms with van der Waals surface area (Å²) in [5, 5.41) is 5.28. The molecule has 2 rings (SSSR count). The average molecular weight is 204 g/mol. The summed E-state index contributed by atoms with van der Waals surface area (Å²) >= 11 is 0. The summed E-state index contributed by atoms with van der Waals surface area (Å²) in [6, 6.07) is -0.503. The standard InChI is InChI=1S/C9H14F2N2O/c1-5-2-6(5)13-8(14)7-3-9(10,11)4-12-7/h5-7,12H,2-4H2,1H3,(H,13,14). The Morgan fingerprint density at radius 1 is 1.57 bits per heavy atom. The van der Waals surface area contributed by atoms with Gasteiger partial charge in [-0.25, -0.2) is 8.78 Å². The van der Waals surface area contributed by atoms with Crippen LogP contribution in [0.5, 0.6) is 0 Å². The van der Waals surface area contributed by atoms with Gasteiger partial charge in [0.1, 0.15) is 0 Å². The van der Waals surface area contributed by atoms with Gasteiger partial charge in [0.05, 0.1) is 12.6 Å². The van der Waals surface area contributed by atoms with Crippen LogP contribution >= 0.6 is 0 Å². The highest BCUT2D eigenvalue weighted by Crippen LogP contribution is 2.30. The molecule has 1 heterocycles. The lowest BCUT2D eigenvalue weighted by Gasteiger charge is -2.10. The first-order chi connectivity index (χ1) is 6.48. The third-order valence-electron chi connectivity index (χ3n) is 2.86. The van der Waals surface area contributed by atoms with Crippen molar-refractivity contribution >= 4 is 5.91 Å². The van der Waals surface area contributed by atoms with Gasteiger partial charge in [-0.3, -0.25) is 10.1 Å².